The average molecular weight is 306 g/mol. The van der Waals surface area contributed by atoms with Gasteiger partial charge in [0.15, 0.2) is 17.6 Å². The minimum absolute atomic E-state index is 0.0879. The Balaban J connectivity index is 1.98. The maximum Gasteiger partial charge on any atom is 0.263 e. The maximum atomic E-state index is 11.8. The van der Waals surface area contributed by atoms with Crippen LogP contribution in [0.1, 0.15) is 16.7 Å². The predicted molar refractivity (Wildman–Crippen MR) is 81.8 cm³/mol. The van der Waals surface area contributed by atoms with Crippen LogP contribution in [0.5, 0.6) is 5.75 Å². The number of aryl methyl sites for hydroxylation is 2. The molecule has 0 unspecified atom stereocenters. The Kier molecular flexibility index (Phi) is 4.75. The monoisotopic (exact) mass is 305 g/mol. The molecule has 5 nitrogen and oxygen atoms in total. The third kappa shape index (κ3) is 3.92. The molecule has 6 heteroatoms. The molecule has 21 heavy (non-hydrogen) atoms. The number of hydrogen-bond donors (Lipinski definition) is 1. The molecule has 0 saturated carbocycles. The fraction of sp³-hybridized carbons (Fsp3) is 0.267. The number of carbonyl (C=O) groups is 1. The molecule has 110 valence electrons. The van der Waals surface area contributed by atoms with Crippen LogP contribution in [0.2, 0.25) is 5.15 Å². The molecule has 1 aromatic heterocycles. The van der Waals surface area contributed by atoms with Crippen molar-refractivity contribution in [3.63, 3.8) is 0 Å². The lowest BCUT2D eigenvalue weighted by Gasteiger charge is -2.13. The molecule has 0 spiro atoms. The highest BCUT2D eigenvalue weighted by Crippen LogP contribution is 2.25. The first-order chi connectivity index (χ1) is 9.97. The first kappa shape index (κ1) is 15.3. The Labute approximate surface area is 128 Å². The Morgan fingerprint density at radius 1 is 1.14 bits per heavy atom. The van der Waals surface area contributed by atoms with Crippen molar-refractivity contribution >= 4 is 23.3 Å². The summed E-state index contributed by atoms with van der Waals surface area (Å²) in [5.74, 6) is 0.782. The quantitative estimate of drug-likeness (QED) is 0.943. The molecule has 2 aromatic rings. The van der Waals surface area contributed by atoms with Crippen molar-refractivity contribution in [3.05, 3.63) is 46.1 Å². The number of benzene rings is 1. The van der Waals surface area contributed by atoms with E-state index in [0.29, 0.717) is 5.82 Å². The fourth-order valence-electron chi connectivity index (χ4n) is 1.85. The van der Waals surface area contributed by atoms with Crippen molar-refractivity contribution in [1.29, 1.82) is 0 Å². The number of carbonyl (C=O) groups excluding carboxylic acids is 1. The predicted octanol–water partition coefficient (Wildman–Crippen LogP) is 3.07. The highest BCUT2D eigenvalue weighted by atomic mass is 35.5. The molecule has 0 radical (unpaired) electrons. The number of aromatic nitrogens is 2. The number of hydrogen-bond acceptors (Lipinski definition) is 4. The van der Waals surface area contributed by atoms with Crippen LogP contribution in [0, 0.1) is 20.8 Å². The molecule has 1 heterocycles. The van der Waals surface area contributed by atoms with Crippen LogP contribution in [-0.4, -0.2) is 22.7 Å². The molecule has 0 aliphatic heterocycles. The molecule has 0 fully saturated rings. The lowest BCUT2D eigenvalue weighted by molar-refractivity contribution is -0.118. The van der Waals surface area contributed by atoms with Crippen molar-refractivity contribution in [2.24, 2.45) is 0 Å². The average Bonchev–Trinajstić information content (AvgIpc) is 2.45. The van der Waals surface area contributed by atoms with Gasteiger partial charge in [-0.05, 0) is 49.6 Å². The van der Waals surface area contributed by atoms with Crippen molar-refractivity contribution < 1.29 is 9.53 Å². The smallest absolute Gasteiger partial charge is 0.263 e. The van der Waals surface area contributed by atoms with Crippen molar-refractivity contribution in [3.8, 4) is 5.75 Å². The van der Waals surface area contributed by atoms with Crippen LogP contribution in [0.15, 0.2) is 24.3 Å². The van der Waals surface area contributed by atoms with E-state index in [0.717, 1.165) is 22.4 Å². The summed E-state index contributed by atoms with van der Waals surface area (Å²) in [6.07, 6.45) is 0. The second-order valence-electron chi connectivity index (χ2n) is 4.73. The van der Waals surface area contributed by atoms with Gasteiger partial charge in [-0.25, -0.2) is 0 Å². The highest BCUT2D eigenvalue weighted by molar-refractivity contribution is 6.29. The minimum atomic E-state index is -0.299. The van der Waals surface area contributed by atoms with Crippen LogP contribution >= 0.6 is 11.6 Å². The lowest BCUT2D eigenvalue weighted by atomic mass is 10.1. The third-order valence-corrected chi connectivity index (χ3v) is 3.32. The molecule has 0 atom stereocenters. The minimum Gasteiger partial charge on any atom is -0.483 e. The molecule has 1 amide bonds. The molecule has 1 N–H and O–H groups in total. The number of nitrogens with one attached hydrogen (secondary N) is 1. The van der Waals surface area contributed by atoms with E-state index in [2.05, 4.69) is 15.5 Å². The van der Waals surface area contributed by atoms with E-state index in [1.807, 2.05) is 32.9 Å². The topological polar surface area (TPSA) is 64.1 Å². The molecule has 0 aliphatic carbocycles. The number of rotatable bonds is 4. The zero-order valence-electron chi connectivity index (χ0n) is 12.1. The maximum absolute atomic E-state index is 11.8. The van der Waals surface area contributed by atoms with Gasteiger partial charge in [0.2, 0.25) is 0 Å². The number of halogens is 1. The Hall–Kier alpha value is -2.14. The molecule has 0 aliphatic rings. The van der Waals surface area contributed by atoms with Crippen molar-refractivity contribution in [2.75, 3.05) is 11.9 Å². The normalized spacial score (nSPS) is 10.3. The van der Waals surface area contributed by atoms with Gasteiger partial charge in [-0.15, -0.1) is 10.2 Å². The van der Waals surface area contributed by atoms with Gasteiger partial charge in [0.05, 0.1) is 0 Å². The molecular weight excluding hydrogens is 290 g/mol. The van der Waals surface area contributed by atoms with Crippen molar-refractivity contribution in [1.82, 2.24) is 10.2 Å². The van der Waals surface area contributed by atoms with Gasteiger partial charge in [-0.2, -0.15) is 0 Å². The number of anilines is 1. The lowest BCUT2D eigenvalue weighted by Crippen LogP contribution is -2.21. The SMILES string of the molecule is Cc1ccc(C)c(OCC(=O)Nc2ccc(Cl)nn2)c1C. The summed E-state index contributed by atoms with van der Waals surface area (Å²) in [5, 5.41) is 10.3. The van der Waals surface area contributed by atoms with Gasteiger partial charge in [-0.1, -0.05) is 23.7 Å². The van der Waals surface area contributed by atoms with Gasteiger partial charge < -0.3 is 10.1 Å². The first-order valence-electron chi connectivity index (χ1n) is 6.46. The largest absolute Gasteiger partial charge is 0.483 e. The number of ether oxygens (including phenoxy) is 1. The van der Waals surface area contributed by atoms with Crippen LogP contribution in [0.25, 0.3) is 0 Å². The van der Waals surface area contributed by atoms with Gasteiger partial charge >= 0.3 is 0 Å². The molecule has 0 saturated heterocycles. The van der Waals surface area contributed by atoms with E-state index in [1.54, 1.807) is 12.1 Å². The van der Waals surface area contributed by atoms with Gasteiger partial charge in [0.25, 0.3) is 5.91 Å². The van der Waals surface area contributed by atoms with E-state index in [1.165, 1.54) is 0 Å². The van der Waals surface area contributed by atoms with E-state index < -0.39 is 0 Å². The summed E-state index contributed by atoms with van der Waals surface area (Å²) in [4.78, 5) is 11.8. The zero-order valence-corrected chi connectivity index (χ0v) is 12.9. The van der Waals surface area contributed by atoms with Gasteiger partial charge in [0.1, 0.15) is 5.75 Å². The number of amides is 1. The highest BCUT2D eigenvalue weighted by Gasteiger charge is 2.10. The van der Waals surface area contributed by atoms with E-state index in [9.17, 15) is 4.79 Å². The van der Waals surface area contributed by atoms with E-state index >= 15 is 0 Å². The van der Waals surface area contributed by atoms with E-state index in [4.69, 9.17) is 16.3 Å². The number of nitrogens with zero attached hydrogens (tertiary/aromatic N) is 2. The molecule has 2 rings (SSSR count). The summed E-state index contributed by atoms with van der Waals surface area (Å²) in [7, 11) is 0. The summed E-state index contributed by atoms with van der Waals surface area (Å²) < 4.78 is 5.62. The Bertz CT molecular complexity index is 657. The van der Waals surface area contributed by atoms with Crippen molar-refractivity contribution in [2.45, 2.75) is 20.8 Å². The summed E-state index contributed by atoms with van der Waals surface area (Å²) in [5.41, 5.74) is 3.16. The molecule has 0 bridgehead atoms. The first-order valence-corrected chi connectivity index (χ1v) is 6.84. The van der Waals surface area contributed by atoms with E-state index in [-0.39, 0.29) is 17.7 Å². The van der Waals surface area contributed by atoms with Crippen LogP contribution in [-0.2, 0) is 4.79 Å². The van der Waals surface area contributed by atoms with Crippen LogP contribution < -0.4 is 10.1 Å². The van der Waals surface area contributed by atoms with Crippen LogP contribution in [0.4, 0.5) is 5.82 Å². The van der Waals surface area contributed by atoms with Gasteiger partial charge in [0, 0.05) is 0 Å². The second-order valence-corrected chi connectivity index (χ2v) is 5.12. The van der Waals surface area contributed by atoms with Crippen LogP contribution in [0.3, 0.4) is 0 Å². The molecule has 1 aromatic carbocycles. The summed E-state index contributed by atoms with van der Waals surface area (Å²) >= 11 is 5.63. The van der Waals surface area contributed by atoms with Gasteiger partial charge in [-0.3, -0.25) is 4.79 Å². The second kappa shape index (κ2) is 6.54. The Morgan fingerprint density at radius 3 is 2.52 bits per heavy atom. The fourth-order valence-corrected chi connectivity index (χ4v) is 1.95. The summed E-state index contributed by atoms with van der Waals surface area (Å²) in [6.45, 7) is 5.84. The summed E-state index contributed by atoms with van der Waals surface area (Å²) in [6, 6.07) is 7.14. The Morgan fingerprint density at radius 2 is 1.86 bits per heavy atom. The molecular formula is C15H16ClN3O2. The zero-order chi connectivity index (χ0) is 15.4. The third-order valence-electron chi connectivity index (χ3n) is 3.12. The standard InChI is InChI=1S/C15H16ClN3O2/c1-9-4-5-10(2)15(11(9)3)21-8-14(20)17-13-7-6-12(16)18-19-13/h4-7H,8H2,1-3H3,(H,17,19,20).